The number of aromatic nitrogens is 1. The smallest absolute Gasteiger partial charge is 0.257 e. The van der Waals surface area contributed by atoms with Gasteiger partial charge < -0.3 is 25.8 Å². The van der Waals surface area contributed by atoms with Crippen molar-refractivity contribution in [2.45, 2.75) is 0 Å². The highest BCUT2D eigenvalue weighted by molar-refractivity contribution is 7.80. The first-order valence-corrected chi connectivity index (χ1v) is 9.53. The summed E-state index contributed by atoms with van der Waals surface area (Å²) < 4.78 is 10.4. The van der Waals surface area contributed by atoms with Crippen LogP contribution in [0.25, 0.3) is 0 Å². The first kappa shape index (κ1) is 21.7. The summed E-state index contributed by atoms with van der Waals surface area (Å²) in [5.41, 5.74) is 7.33. The van der Waals surface area contributed by atoms with E-state index in [9.17, 15) is 9.59 Å². The Morgan fingerprint density at radius 3 is 2.13 bits per heavy atom. The predicted octanol–water partition coefficient (Wildman–Crippen LogP) is 3.24. The first-order chi connectivity index (χ1) is 14.9. The van der Waals surface area contributed by atoms with Crippen molar-refractivity contribution >= 4 is 40.5 Å². The average molecular weight is 436 g/mol. The monoisotopic (exact) mass is 436 g/mol. The number of nitrogens with one attached hydrogen (secondary N) is 2. The number of methoxy groups -OCH3 is 2. The van der Waals surface area contributed by atoms with Crippen LogP contribution in [0, 0.1) is 0 Å². The van der Waals surface area contributed by atoms with Gasteiger partial charge in [0.2, 0.25) is 0 Å². The molecule has 158 valence electrons. The van der Waals surface area contributed by atoms with Gasteiger partial charge in [-0.1, -0.05) is 24.4 Å². The molecule has 0 aliphatic heterocycles. The Labute approximate surface area is 184 Å². The highest BCUT2D eigenvalue weighted by atomic mass is 32.1. The largest absolute Gasteiger partial charge is 0.493 e. The Balaban J connectivity index is 1.78. The molecule has 3 rings (SSSR count). The van der Waals surface area contributed by atoms with E-state index in [0.717, 1.165) is 0 Å². The van der Waals surface area contributed by atoms with Gasteiger partial charge in [-0.15, -0.1) is 0 Å². The SMILES string of the molecule is COc1ccc(C(=O)Nc2ncccc2NC(=O)c2ccc(C(N)=S)cc2)cc1OC. The van der Waals surface area contributed by atoms with E-state index in [1.165, 1.54) is 20.4 Å². The number of hydrogen-bond donors (Lipinski definition) is 3. The number of hydrogen-bond acceptors (Lipinski definition) is 6. The number of rotatable bonds is 7. The van der Waals surface area contributed by atoms with Crippen molar-refractivity contribution in [3.8, 4) is 11.5 Å². The third-order valence-electron chi connectivity index (χ3n) is 4.37. The standard InChI is InChI=1S/C22H20N4O4S/c1-29-17-10-9-15(12-18(17)30-2)22(28)26-20-16(4-3-11-24-20)25-21(27)14-7-5-13(6-8-14)19(23)31/h3-12H,1-2H3,(H2,23,31)(H,25,27)(H,24,26,28). The molecule has 0 saturated carbocycles. The van der Waals surface area contributed by atoms with Gasteiger partial charge in [0, 0.05) is 22.9 Å². The van der Waals surface area contributed by atoms with E-state index in [4.69, 9.17) is 27.4 Å². The summed E-state index contributed by atoms with van der Waals surface area (Å²) in [5.74, 6) is 0.340. The zero-order chi connectivity index (χ0) is 22.4. The molecule has 1 heterocycles. The minimum atomic E-state index is -0.420. The number of nitrogens with two attached hydrogens (primary N) is 1. The van der Waals surface area contributed by atoms with Gasteiger partial charge >= 0.3 is 0 Å². The molecule has 0 saturated heterocycles. The Kier molecular flexibility index (Phi) is 6.78. The van der Waals surface area contributed by atoms with Gasteiger partial charge in [-0.05, 0) is 42.5 Å². The zero-order valence-corrected chi connectivity index (χ0v) is 17.7. The second kappa shape index (κ2) is 9.68. The predicted molar refractivity (Wildman–Crippen MR) is 122 cm³/mol. The number of pyridine rings is 1. The van der Waals surface area contributed by atoms with Crippen LogP contribution in [0.3, 0.4) is 0 Å². The van der Waals surface area contributed by atoms with Crippen LogP contribution in [0.4, 0.5) is 11.5 Å². The number of amides is 2. The lowest BCUT2D eigenvalue weighted by Gasteiger charge is -2.13. The molecule has 8 nitrogen and oxygen atoms in total. The third-order valence-corrected chi connectivity index (χ3v) is 4.60. The second-order valence-electron chi connectivity index (χ2n) is 6.32. The molecule has 0 aliphatic rings. The van der Waals surface area contributed by atoms with Gasteiger partial charge in [0.05, 0.1) is 19.9 Å². The molecule has 0 radical (unpaired) electrons. The first-order valence-electron chi connectivity index (χ1n) is 9.12. The molecule has 31 heavy (non-hydrogen) atoms. The van der Waals surface area contributed by atoms with E-state index < -0.39 is 5.91 Å². The van der Waals surface area contributed by atoms with Gasteiger partial charge in [-0.25, -0.2) is 4.98 Å². The van der Waals surface area contributed by atoms with Crippen LogP contribution in [0.15, 0.2) is 60.8 Å². The molecule has 4 N–H and O–H groups in total. The summed E-state index contributed by atoms with van der Waals surface area (Å²) in [7, 11) is 3.00. The van der Waals surface area contributed by atoms with E-state index in [1.807, 2.05) is 0 Å². The number of benzene rings is 2. The molecule has 9 heteroatoms. The molecular formula is C22H20N4O4S. The lowest BCUT2D eigenvalue weighted by molar-refractivity contribution is 0.101. The van der Waals surface area contributed by atoms with E-state index in [-0.39, 0.29) is 16.7 Å². The summed E-state index contributed by atoms with van der Waals surface area (Å²) in [6, 6.07) is 14.6. The molecule has 3 aromatic rings. The number of nitrogens with zero attached hydrogens (tertiary/aromatic N) is 1. The number of anilines is 2. The fraction of sp³-hybridized carbons (Fsp3) is 0.0909. The molecule has 0 unspecified atom stereocenters. The quantitative estimate of drug-likeness (QED) is 0.487. The highest BCUT2D eigenvalue weighted by Crippen LogP contribution is 2.28. The Morgan fingerprint density at radius 2 is 1.48 bits per heavy atom. The van der Waals surface area contributed by atoms with Gasteiger partial charge in [0.1, 0.15) is 4.99 Å². The van der Waals surface area contributed by atoms with Crippen molar-refractivity contribution in [1.29, 1.82) is 0 Å². The van der Waals surface area contributed by atoms with Crippen molar-refractivity contribution in [2.24, 2.45) is 5.73 Å². The number of carbonyl (C=O) groups excluding carboxylic acids is 2. The molecule has 0 spiro atoms. The van der Waals surface area contributed by atoms with E-state index >= 15 is 0 Å². The van der Waals surface area contributed by atoms with Crippen molar-refractivity contribution in [3.63, 3.8) is 0 Å². The maximum atomic E-state index is 12.7. The fourth-order valence-electron chi connectivity index (χ4n) is 2.74. The van der Waals surface area contributed by atoms with Crippen molar-refractivity contribution in [3.05, 3.63) is 77.5 Å². The Morgan fingerprint density at radius 1 is 0.871 bits per heavy atom. The number of ether oxygens (including phenoxy) is 2. The molecule has 2 amide bonds. The van der Waals surface area contributed by atoms with Crippen LogP contribution in [0.2, 0.25) is 0 Å². The molecular weight excluding hydrogens is 416 g/mol. The zero-order valence-electron chi connectivity index (χ0n) is 16.8. The minimum absolute atomic E-state index is 0.204. The summed E-state index contributed by atoms with van der Waals surface area (Å²) in [6.45, 7) is 0. The van der Waals surface area contributed by atoms with E-state index in [0.29, 0.717) is 33.9 Å². The fourth-order valence-corrected chi connectivity index (χ4v) is 2.88. The lowest BCUT2D eigenvalue weighted by atomic mass is 10.1. The van der Waals surface area contributed by atoms with Crippen LogP contribution < -0.4 is 25.8 Å². The van der Waals surface area contributed by atoms with Crippen LogP contribution >= 0.6 is 12.2 Å². The van der Waals surface area contributed by atoms with Crippen molar-refractivity contribution in [1.82, 2.24) is 4.98 Å². The van der Waals surface area contributed by atoms with E-state index in [2.05, 4.69) is 15.6 Å². The molecule has 0 fully saturated rings. The maximum absolute atomic E-state index is 12.7. The Hall–Kier alpha value is -3.98. The van der Waals surface area contributed by atoms with E-state index in [1.54, 1.807) is 54.6 Å². The third kappa shape index (κ3) is 5.14. The number of thiocarbonyl (C=S) groups is 1. The second-order valence-corrected chi connectivity index (χ2v) is 6.76. The van der Waals surface area contributed by atoms with Crippen molar-refractivity contribution in [2.75, 3.05) is 24.9 Å². The van der Waals surface area contributed by atoms with Crippen LogP contribution in [-0.2, 0) is 0 Å². The maximum Gasteiger partial charge on any atom is 0.257 e. The van der Waals surface area contributed by atoms with Gasteiger partial charge in [0.25, 0.3) is 11.8 Å². The Bertz CT molecular complexity index is 1130. The molecule has 2 aromatic carbocycles. The normalized spacial score (nSPS) is 10.1. The van der Waals surface area contributed by atoms with Crippen molar-refractivity contribution < 1.29 is 19.1 Å². The summed E-state index contributed by atoms with van der Waals surface area (Å²) in [5, 5.41) is 5.45. The molecule has 0 aliphatic carbocycles. The van der Waals surface area contributed by atoms with Gasteiger partial charge in [-0.2, -0.15) is 0 Å². The molecule has 0 atom stereocenters. The topological polar surface area (TPSA) is 116 Å². The molecule has 0 bridgehead atoms. The minimum Gasteiger partial charge on any atom is -0.493 e. The average Bonchev–Trinajstić information content (AvgIpc) is 2.79. The summed E-state index contributed by atoms with van der Waals surface area (Å²) >= 11 is 4.92. The molecule has 1 aromatic heterocycles. The van der Waals surface area contributed by atoms with Crippen LogP contribution in [0.5, 0.6) is 11.5 Å². The number of carbonyl (C=O) groups is 2. The summed E-state index contributed by atoms with van der Waals surface area (Å²) in [6.07, 6.45) is 1.51. The van der Waals surface area contributed by atoms with Crippen LogP contribution in [-0.4, -0.2) is 36.0 Å². The lowest BCUT2D eigenvalue weighted by Crippen LogP contribution is -2.18. The summed E-state index contributed by atoms with van der Waals surface area (Å²) in [4.78, 5) is 29.7. The van der Waals surface area contributed by atoms with Gasteiger partial charge in [0.15, 0.2) is 17.3 Å². The van der Waals surface area contributed by atoms with Gasteiger partial charge in [-0.3, -0.25) is 9.59 Å². The highest BCUT2D eigenvalue weighted by Gasteiger charge is 2.15. The van der Waals surface area contributed by atoms with Crippen LogP contribution in [0.1, 0.15) is 26.3 Å².